The van der Waals surface area contributed by atoms with Crippen molar-refractivity contribution in [2.45, 2.75) is 31.2 Å². The molecule has 0 fully saturated rings. The number of hydrogen-bond acceptors (Lipinski definition) is 1. The maximum Gasteiger partial charge on any atom is 0.108 e. The van der Waals surface area contributed by atoms with Gasteiger partial charge < -0.3 is 4.74 Å². The molecule has 0 spiro atoms. The third kappa shape index (κ3) is 3.24. The number of ether oxygens (including phenoxy) is 1. The minimum Gasteiger partial charge on any atom is -0.362 e. The SMILES string of the molecule is C#CCOC(C)(C)C(C)Br. The maximum atomic E-state index is 5.36. The fourth-order valence-corrected chi connectivity index (χ4v) is 0.475. The van der Waals surface area contributed by atoms with Gasteiger partial charge >= 0.3 is 0 Å². The van der Waals surface area contributed by atoms with Gasteiger partial charge in [0.1, 0.15) is 6.61 Å². The molecule has 1 atom stereocenters. The highest BCUT2D eigenvalue weighted by Gasteiger charge is 2.23. The molecule has 0 aliphatic rings. The summed E-state index contributed by atoms with van der Waals surface area (Å²) in [6, 6.07) is 0. The topological polar surface area (TPSA) is 9.23 Å². The summed E-state index contributed by atoms with van der Waals surface area (Å²) in [6.07, 6.45) is 5.05. The predicted molar refractivity (Wildman–Crippen MR) is 47.3 cm³/mol. The van der Waals surface area contributed by atoms with Crippen LogP contribution < -0.4 is 0 Å². The molecule has 0 heterocycles. The summed E-state index contributed by atoms with van der Waals surface area (Å²) in [6.45, 7) is 6.42. The predicted octanol–water partition coefficient (Wildman–Crippen LogP) is 2.20. The normalized spacial score (nSPS) is 14.3. The molecule has 0 bridgehead atoms. The summed E-state index contributed by atoms with van der Waals surface area (Å²) < 4.78 is 5.36. The lowest BCUT2D eigenvalue weighted by Gasteiger charge is -2.26. The minimum atomic E-state index is -0.174. The molecule has 0 rings (SSSR count). The lowest BCUT2D eigenvalue weighted by molar-refractivity contribution is 0.00554. The van der Waals surface area contributed by atoms with Gasteiger partial charge in [-0.25, -0.2) is 0 Å². The Morgan fingerprint density at radius 1 is 1.70 bits per heavy atom. The Morgan fingerprint density at radius 2 is 2.20 bits per heavy atom. The van der Waals surface area contributed by atoms with E-state index < -0.39 is 0 Å². The Balaban J connectivity index is 3.77. The molecule has 0 saturated carbocycles. The van der Waals surface area contributed by atoms with Crippen LogP contribution in [-0.4, -0.2) is 17.0 Å². The van der Waals surface area contributed by atoms with Crippen LogP contribution in [-0.2, 0) is 4.74 Å². The van der Waals surface area contributed by atoms with Crippen LogP contribution in [0.3, 0.4) is 0 Å². The minimum absolute atomic E-state index is 0.174. The number of halogens is 1. The number of rotatable bonds is 3. The van der Waals surface area contributed by atoms with Crippen molar-refractivity contribution in [1.29, 1.82) is 0 Å². The van der Waals surface area contributed by atoms with Crippen LogP contribution in [0.2, 0.25) is 0 Å². The van der Waals surface area contributed by atoms with Gasteiger partial charge in [0.25, 0.3) is 0 Å². The number of alkyl halides is 1. The van der Waals surface area contributed by atoms with Crippen LogP contribution in [0.25, 0.3) is 0 Å². The van der Waals surface area contributed by atoms with Gasteiger partial charge in [-0.1, -0.05) is 21.9 Å². The molecule has 0 aliphatic heterocycles. The quantitative estimate of drug-likeness (QED) is 0.507. The fourth-order valence-electron chi connectivity index (χ4n) is 0.343. The van der Waals surface area contributed by atoms with E-state index in [1.165, 1.54) is 0 Å². The van der Waals surface area contributed by atoms with Crippen LogP contribution >= 0.6 is 15.9 Å². The standard InChI is InChI=1S/C8H13BrO/c1-5-6-10-8(3,4)7(2)9/h1,7H,6H2,2-4H3. The summed E-state index contributed by atoms with van der Waals surface area (Å²) >= 11 is 3.43. The van der Waals surface area contributed by atoms with Crippen molar-refractivity contribution in [3.05, 3.63) is 0 Å². The van der Waals surface area contributed by atoms with E-state index in [0.717, 1.165) is 0 Å². The first-order valence-electron chi connectivity index (χ1n) is 3.22. The maximum absolute atomic E-state index is 5.36. The van der Waals surface area contributed by atoms with E-state index in [-0.39, 0.29) is 5.60 Å². The molecule has 1 nitrogen and oxygen atoms in total. The zero-order valence-corrected chi connectivity index (χ0v) is 8.23. The van der Waals surface area contributed by atoms with E-state index in [1.807, 2.05) is 20.8 Å². The van der Waals surface area contributed by atoms with E-state index in [4.69, 9.17) is 11.2 Å². The monoisotopic (exact) mass is 204 g/mol. The average molecular weight is 205 g/mol. The second-order valence-corrected chi connectivity index (χ2v) is 4.09. The third-order valence-electron chi connectivity index (χ3n) is 1.49. The highest BCUT2D eigenvalue weighted by Crippen LogP contribution is 2.20. The molecule has 10 heavy (non-hydrogen) atoms. The van der Waals surface area contributed by atoms with Gasteiger partial charge in [-0.15, -0.1) is 6.42 Å². The molecule has 1 unspecified atom stereocenters. The van der Waals surface area contributed by atoms with E-state index in [0.29, 0.717) is 11.4 Å². The molecule has 0 N–H and O–H groups in total. The summed E-state index contributed by atoms with van der Waals surface area (Å²) in [5.74, 6) is 2.44. The van der Waals surface area contributed by atoms with Gasteiger partial charge in [0, 0.05) is 4.83 Å². The van der Waals surface area contributed by atoms with Gasteiger partial charge in [-0.05, 0) is 20.8 Å². The molecule has 0 aromatic heterocycles. The molecular weight excluding hydrogens is 192 g/mol. The highest BCUT2D eigenvalue weighted by molar-refractivity contribution is 9.09. The Kier molecular flexibility index (Phi) is 4.00. The van der Waals surface area contributed by atoms with Crippen molar-refractivity contribution < 1.29 is 4.74 Å². The molecule has 2 heteroatoms. The van der Waals surface area contributed by atoms with Crippen molar-refractivity contribution in [2.75, 3.05) is 6.61 Å². The summed E-state index contributed by atoms with van der Waals surface area (Å²) in [7, 11) is 0. The van der Waals surface area contributed by atoms with E-state index in [2.05, 4.69) is 21.9 Å². The first-order chi connectivity index (χ1) is 4.50. The van der Waals surface area contributed by atoms with Crippen LogP contribution in [0.4, 0.5) is 0 Å². The molecule has 0 aliphatic carbocycles. The second kappa shape index (κ2) is 4.00. The molecule has 58 valence electrons. The van der Waals surface area contributed by atoms with Gasteiger partial charge in [-0.2, -0.15) is 0 Å². The van der Waals surface area contributed by atoms with Gasteiger partial charge in [0.15, 0.2) is 0 Å². The summed E-state index contributed by atoms with van der Waals surface area (Å²) in [4.78, 5) is 0.313. The van der Waals surface area contributed by atoms with Crippen molar-refractivity contribution in [3.63, 3.8) is 0 Å². The van der Waals surface area contributed by atoms with Crippen LogP contribution in [0.1, 0.15) is 20.8 Å². The first kappa shape index (κ1) is 10.0. The molecule has 0 aromatic carbocycles. The Morgan fingerprint density at radius 3 is 2.50 bits per heavy atom. The van der Waals surface area contributed by atoms with Gasteiger partial charge in [0.05, 0.1) is 5.60 Å². The van der Waals surface area contributed by atoms with Gasteiger partial charge in [0.2, 0.25) is 0 Å². The third-order valence-corrected chi connectivity index (χ3v) is 2.59. The molecule has 0 radical (unpaired) electrons. The lowest BCUT2D eigenvalue weighted by Crippen LogP contribution is -2.33. The zero-order valence-electron chi connectivity index (χ0n) is 6.65. The highest BCUT2D eigenvalue weighted by atomic mass is 79.9. The van der Waals surface area contributed by atoms with E-state index in [9.17, 15) is 0 Å². The largest absolute Gasteiger partial charge is 0.362 e. The Bertz CT molecular complexity index is 133. The average Bonchev–Trinajstić information content (AvgIpc) is 1.84. The van der Waals surface area contributed by atoms with Crippen LogP contribution in [0.15, 0.2) is 0 Å². The smallest absolute Gasteiger partial charge is 0.108 e. The number of hydrogen-bond donors (Lipinski definition) is 0. The Labute approximate surface area is 71.3 Å². The van der Waals surface area contributed by atoms with Crippen LogP contribution in [0, 0.1) is 12.3 Å². The summed E-state index contributed by atoms with van der Waals surface area (Å²) in [5, 5.41) is 0. The van der Waals surface area contributed by atoms with Crippen molar-refractivity contribution in [1.82, 2.24) is 0 Å². The van der Waals surface area contributed by atoms with Crippen LogP contribution in [0.5, 0.6) is 0 Å². The summed E-state index contributed by atoms with van der Waals surface area (Å²) in [5.41, 5.74) is -0.174. The first-order valence-corrected chi connectivity index (χ1v) is 4.13. The van der Waals surface area contributed by atoms with Crippen molar-refractivity contribution >= 4 is 15.9 Å². The molecular formula is C8H13BrO. The molecule has 0 saturated heterocycles. The number of terminal acetylenes is 1. The van der Waals surface area contributed by atoms with E-state index in [1.54, 1.807) is 0 Å². The lowest BCUT2D eigenvalue weighted by atomic mass is 10.1. The van der Waals surface area contributed by atoms with Crippen molar-refractivity contribution in [2.24, 2.45) is 0 Å². The zero-order chi connectivity index (χ0) is 8.20. The second-order valence-electron chi connectivity index (χ2n) is 2.71. The fraction of sp³-hybridized carbons (Fsp3) is 0.750. The van der Waals surface area contributed by atoms with E-state index >= 15 is 0 Å². The molecule has 0 amide bonds. The van der Waals surface area contributed by atoms with Crippen molar-refractivity contribution in [3.8, 4) is 12.3 Å². The Hall–Kier alpha value is 0. The van der Waals surface area contributed by atoms with Gasteiger partial charge in [-0.3, -0.25) is 0 Å². The molecule has 0 aromatic rings.